The Morgan fingerprint density at radius 1 is 0.485 bits per heavy atom. The highest BCUT2D eigenvalue weighted by Gasteiger charge is 2.30. The van der Waals surface area contributed by atoms with Crippen LogP contribution < -0.4 is 10.6 Å². The molecule has 8 aromatic rings. The third-order valence-corrected chi connectivity index (χ3v) is 22.7. The van der Waals surface area contributed by atoms with Crippen LogP contribution in [0.15, 0.2) is 142 Å². The number of allylic oxidation sites excluding steroid dienone is 3. The number of aromatic amines is 1. The molecule has 8 aromatic heterocycles. The molecule has 18 nitrogen and oxygen atoms in total. The van der Waals surface area contributed by atoms with Gasteiger partial charge in [-0.25, -0.2) is 29.9 Å². The molecule has 0 spiro atoms. The lowest BCUT2D eigenvalue weighted by atomic mass is 9.78. The predicted molar refractivity (Wildman–Crippen MR) is 392 cm³/mol. The van der Waals surface area contributed by atoms with E-state index in [1.807, 2.05) is 36.8 Å². The number of aromatic nitrogens is 10. The molecule has 0 radical (unpaired) electrons. The van der Waals surface area contributed by atoms with Gasteiger partial charge in [0.25, 0.3) is 0 Å². The van der Waals surface area contributed by atoms with Crippen molar-refractivity contribution in [3.8, 4) is 22.6 Å². The van der Waals surface area contributed by atoms with Crippen molar-refractivity contribution in [2.75, 3.05) is 0 Å². The van der Waals surface area contributed by atoms with Gasteiger partial charge in [-0.15, -0.1) is 0 Å². The number of hydrogen-bond donors (Lipinski definition) is 3. The molecule has 0 unspecified atom stereocenters. The first kappa shape index (κ1) is 70.7. The highest BCUT2D eigenvalue weighted by atomic mass is 32.2. The lowest BCUT2D eigenvalue weighted by Crippen LogP contribution is -2.33. The van der Waals surface area contributed by atoms with Crippen LogP contribution in [0.3, 0.4) is 0 Å². The highest BCUT2D eigenvalue weighted by molar-refractivity contribution is 8.19. The fourth-order valence-corrected chi connectivity index (χ4v) is 16.8. The summed E-state index contributed by atoms with van der Waals surface area (Å²) in [6, 6.07) is 27.2. The zero-order valence-electron chi connectivity index (χ0n) is 55.7. The third kappa shape index (κ3) is 21.0. The van der Waals surface area contributed by atoms with Gasteiger partial charge >= 0.3 is 0 Å². The Balaban J connectivity index is 0.000000141. The van der Waals surface area contributed by atoms with Crippen LogP contribution in [0.4, 0.5) is 0 Å². The van der Waals surface area contributed by atoms with Crippen molar-refractivity contribution >= 4 is 97.5 Å². The van der Waals surface area contributed by atoms with E-state index in [4.69, 9.17) is 4.98 Å². The average Bonchev–Trinajstić information content (AvgIpc) is 1.89. The summed E-state index contributed by atoms with van der Waals surface area (Å²) in [5.74, 6) is 4.66. The van der Waals surface area contributed by atoms with Crippen molar-refractivity contribution in [3.63, 3.8) is 0 Å². The zero-order valence-corrected chi connectivity index (χ0v) is 59.0. The molecule has 3 saturated carbocycles. The summed E-state index contributed by atoms with van der Waals surface area (Å²) in [5, 5.41) is 11.4. The molecule has 3 aliphatic carbocycles. The predicted octanol–water partition coefficient (Wildman–Crippen LogP) is 14.5. The van der Waals surface area contributed by atoms with Crippen molar-refractivity contribution in [2.24, 2.45) is 23.7 Å². The molecule has 3 N–H and O–H groups in total. The Morgan fingerprint density at radius 2 is 0.970 bits per heavy atom. The Morgan fingerprint density at radius 3 is 1.43 bits per heavy atom. The number of rotatable bonds is 21. The summed E-state index contributed by atoms with van der Waals surface area (Å²) in [7, 11) is 0. The second-order valence-electron chi connectivity index (χ2n) is 26.4. The lowest BCUT2D eigenvalue weighted by Gasteiger charge is -2.29. The number of carbonyl (C=O) groups is 6. The summed E-state index contributed by atoms with van der Waals surface area (Å²) in [4.78, 5) is 116. The van der Waals surface area contributed by atoms with Crippen molar-refractivity contribution in [3.05, 3.63) is 199 Å². The first-order valence-electron chi connectivity index (χ1n) is 34.6. The first-order valence-corrected chi connectivity index (χ1v) is 38.0. The van der Waals surface area contributed by atoms with E-state index in [0.29, 0.717) is 61.6 Å². The molecule has 0 bridgehead atoms. The quantitative estimate of drug-likeness (QED) is 0.0446. The lowest BCUT2D eigenvalue weighted by molar-refractivity contribution is -0.120. The minimum Gasteiger partial charge on any atom is -0.360 e. The Bertz CT molecular complexity index is 4230. The molecule has 11 heterocycles. The third-order valence-electron chi connectivity index (χ3n) is 19.2. The molecule has 14 rings (SSSR count). The number of nitrogens with one attached hydrogen (secondary N) is 3. The molecule has 6 aliphatic rings. The van der Waals surface area contributed by atoms with Crippen LogP contribution in [0.5, 0.6) is 0 Å². The highest BCUT2D eigenvalue weighted by Crippen LogP contribution is 2.37. The number of hydrogen-bond acceptors (Lipinski definition) is 21. The van der Waals surface area contributed by atoms with Crippen LogP contribution in [0.1, 0.15) is 166 Å². The van der Waals surface area contributed by atoms with Gasteiger partial charge in [0.05, 0.1) is 68.1 Å². The van der Waals surface area contributed by atoms with Crippen molar-refractivity contribution in [2.45, 2.75) is 167 Å². The smallest absolute Gasteiger partial charge is 0.201 e. The number of carbonyl (C=O) groups excluding carboxylic acids is 6. The molecular weight excluding hydrogens is 1320 g/mol. The van der Waals surface area contributed by atoms with Crippen LogP contribution in [-0.4, -0.2) is 94.6 Å². The van der Waals surface area contributed by atoms with Gasteiger partial charge in [0.2, 0.25) is 15.3 Å². The van der Waals surface area contributed by atoms with Gasteiger partial charge in [-0.05, 0) is 238 Å². The minimum absolute atomic E-state index is 0.00428. The number of H-pyrrole nitrogens is 1. The van der Waals surface area contributed by atoms with Crippen LogP contribution in [-0.2, 0) is 67.5 Å². The molecule has 3 saturated heterocycles. The van der Waals surface area contributed by atoms with Crippen molar-refractivity contribution < 1.29 is 28.8 Å². The fraction of sp³-hybridized carbons (Fsp3) is 0.390. The Kier molecular flexibility index (Phi) is 25.2. The number of aryl methyl sites for hydroxylation is 2. The van der Waals surface area contributed by atoms with E-state index in [-0.39, 0.29) is 52.0 Å². The molecule has 3 aliphatic heterocycles. The van der Waals surface area contributed by atoms with Crippen molar-refractivity contribution in [1.29, 1.82) is 0 Å². The van der Waals surface area contributed by atoms with Crippen LogP contribution in [0.2, 0.25) is 0 Å². The van der Waals surface area contributed by atoms with Gasteiger partial charge in [-0.2, -0.15) is 11.3 Å². The van der Waals surface area contributed by atoms with E-state index >= 15 is 0 Å². The topological polar surface area (TPSA) is 258 Å². The zero-order chi connectivity index (χ0) is 68.3. The van der Waals surface area contributed by atoms with Gasteiger partial charge < -0.3 is 15.6 Å². The molecular formula is C77H82N12O6S4. The Labute approximate surface area is 594 Å². The maximum Gasteiger partial charge on any atom is 0.201 e. The fourth-order valence-electron chi connectivity index (χ4n) is 13.7. The number of thioether (sulfide) groups is 3. The number of Topliss-reactive ketones (excluding diaryl/α,β-unsaturated/α-hetero) is 3. The first-order chi connectivity index (χ1) is 48.3. The second-order valence-corrected chi connectivity index (χ2v) is 30.5. The molecule has 22 heteroatoms. The largest absolute Gasteiger partial charge is 0.360 e. The van der Waals surface area contributed by atoms with E-state index < -0.39 is 0 Å². The van der Waals surface area contributed by atoms with E-state index in [2.05, 4.69) is 116 Å². The van der Waals surface area contributed by atoms with Gasteiger partial charge in [-0.3, -0.25) is 43.7 Å². The second kappa shape index (κ2) is 35.3. The molecule has 6 fully saturated rings. The number of pyridine rings is 3. The summed E-state index contributed by atoms with van der Waals surface area (Å²) >= 11 is 4.76. The van der Waals surface area contributed by atoms with Gasteiger partial charge in [0, 0.05) is 104 Å². The van der Waals surface area contributed by atoms with Crippen LogP contribution in [0, 0.1) is 30.6 Å². The van der Waals surface area contributed by atoms with Crippen LogP contribution in [0.25, 0.3) is 40.9 Å². The van der Waals surface area contributed by atoms with Gasteiger partial charge in [0.1, 0.15) is 17.5 Å². The maximum absolute atomic E-state index is 11.9. The van der Waals surface area contributed by atoms with E-state index in [1.54, 1.807) is 66.4 Å². The summed E-state index contributed by atoms with van der Waals surface area (Å²) in [6.45, 7) is 3.72. The minimum atomic E-state index is -0.118. The standard InChI is InChI=1S/C28H29N3O2S2.C26H27N5O2S.C23H26N4O2S/c32-25-17-28(33)35-26(25)16-23-11-13-29-27(31-23)15-20-9-7-19(8-10-20)3-1-4-22-5-2-6-24(30-22)21-12-14-34-18-21;32-22-15-25(33)34-23(22)14-20-9-12-28-24(31-20)13-17-5-7-19(8-6-17)30-16-18-3-1-11-29-26(18)21-4-2-10-27-21;1-15-17(3-2-9-24-15)14-26-18-6-4-16(5-7-18)11-22-25-10-8-19(27-22)12-21-20(28)13-23(29)30-21/h2,5-6,11-14,16,18-20H,1,3-4,7-10,15,17H2;1-4,9-12,14,17,19,27,30H,5-8,13,15-16H2;2-3,8-10,12,16,18,26H,4-7,11,13-14H2,1H3/b26-16-;23-14-;21-12-. The summed E-state index contributed by atoms with van der Waals surface area (Å²) in [6.07, 6.45) is 36.1. The number of thiophene rings is 1. The normalized spacial score (nSPS) is 22.3. The molecule has 99 heavy (non-hydrogen) atoms. The van der Waals surface area contributed by atoms with Crippen LogP contribution >= 0.6 is 46.6 Å². The number of ketones is 3. The SMILES string of the molecule is Cc1ncccc1CNC1CCC(Cc2nccc(/C=C3\SC(=O)CC3=O)n2)CC1.O=C1CC(=O)/C(=C/c2ccnc(CC3CCC(CCCc4cccc(-c5ccsc5)n4)CC3)n2)S1.O=C1CC(=O)/C(=C/c2ccnc(CC3CCC(NCc4cccnc4-c4ccc[nH]4)CC3)n2)S1. The Hall–Kier alpha value is -8.12. The average molecular weight is 1400 g/mol. The van der Waals surface area contributed by atoms with E-state index in [0.717, 1.165) is 172 Å². The monoisotopic (exact) mass is 1400 g/mol. The van der Waals surface area contributed by atoms with Crippen molar-refractivity contribution in [1.82, 2.24) is 60.5 Å². The summed E-state index contributed by atoms with van der Waals surface area (Å²) < 4.78 is 0. The maximum atomic E-state index is 11.9. The molecule has 510 valence electrons. The summed E-state index contributed by atoms with van der Waals surface area (Å²) in [5.41, 5.74) is 11.2. The molecule has 0 amide bonds. The van der Waals surface area contributed by atoms with E-state index in [1.165, 1.54) is 60.9 Å². The van der Waals surface area contributed by atoms with E-state index in [9.17, 15) is 28.8 Å². The van der Waals surface area contributed by atoms with Gasteiger partial charge in [-0.1, -0.05) is 37.5 Å². The molecule has 0 aromatic carbocycles. The molecule has 0 atom stereocenters. The van der Waals surface area contributed by atoms with Gasteiger partial charge in [0.15, 0.2) is 17.3 Å². The number of nitrogens with zero attached hydrogens (tertiary/aromatic N) is 9.